The number of carbonyl (C=O) groups excluding carboxylic acids is 2. The minimum atomic E-state index is -0.260. The number of carbonyl (C=O) groups is 2. The minimum absolute atomic E-state index is 0.0265. The Balaban J connectivity index is 1.80. The minimum Gasteiger partial charge on any atom is -0.460 e. The van der Waals surface area contributed by atoms with E-state index in [1.165, 1.54) is 18.3 Å². The monoisotopic (exact) mass is 287 g/mol. The molecule has 0 spiro atoms. The second-order valence-electron chi connectivity index (χ2n) is 4.25. The number of hydrogen-bond acceptors (Lipinski definition) is 4. The number of thiophene rings is 1. The Hall–Kier alpha value is -1.07. The van der Waals surface area contributed by atoms with Crippen molar-refractivity contribution in [3.05, 3.63) is 21.3 Å². The molecular formula is C12H14ClNO3S. The summed E-state index contributed by atoms with van der Waals surface area (Å²) in [5, 5.41) is 0. The van der Waals surface area contributed by atoms with E-state index in [0.717, 1.165) is 11.3 Å². The van der Waals surface area contributed by atoms with Crippen LogP contribution in [-0.4, -0.2) is 36.0 Å². The molecule has 1 aliphatic rings. The van der Waals surface area contributed by atoms with Gasteiger partial charge in [-0.3, -0.25) is 9.59 Å². The molecule has 0 N–H and O–H groups in total. The van der Waals surface area contributed by atoms with E-state index in [4.69, 9.17) is 16.3 Å². The summed E-state index contributed by atoms with van der Waals surface area (Å²) in [5.41, 5.74) is 0. The molecule has 2 rings (SSSR count). The zero-order valence-corrected chi connectivity index (χ0v) is 11.6. The lowest BCUT2D eigenvalue weighted by Gasteiger charge is -2.14. The van der Waals surface area contributed by atoms with Gasteiger partial charge in [-0.25, -0.2) is 0 Å². The molecule has 0 bridgehead atoms. The summed E-state index contributed by atoms with van der Waals surface area (Å²) < 4.78 is 6.00. The number of nitrogens with zero attached hydrogens (tertiary/aromatic N) is 1. The number of halogens is 1. The largest absolute Gasteiger partial charge is 0.460 e. The fraction of sp³-hybridized carbons (Fsp3) is 0.500. The van der Waals surface area contributed by atoms with Crippen molar-refractivity contribution in [2.75, 3.05) is 13.1 Å². The van der Waals surface area contributed by atoms with E-state index in [-0.39, 0.29) is 24.4 Å². The van der Waals surface area contributed by atoms with Crippen LogP contribution in [0.15, 0.2) is 12.1 Å². The predicted molar refractivity (Wildman–Crippen MR) is 69.8 cm³/mol. The standard InChI is InChI=1S/C12H14ClNO3S/c1-8(15)14-5-4-9(7-14)17-12(16)6-10-2-3-11(13)18-10/h2-3,9H,4-7H2,1H3. The Morgan fingerprint density at radius 1 is 1.56 bits per heavy atom. The van der Waals surface area contributed by atoms with Crippen molar-refractivity contribution < 1.29 is 14.3 Å². The third-order valence-corrected chi connectivity index (χ3v) is 4.07. The van der Waals surface area contributed by atoms with Crippen LogP contribution in [0.4, 0.5) is 0 Å². The lowest BCUT2D eigenvalue weighted by atomic mass is 10.3. The van der Waals surface area contributed by atoms with Gasteiger partial charge < -0.3 is 9.64 Å². The Bertz CT molecular complexity index is 460. The molecular weight excluding hydrogens is 274 g/mol. The summed E-state index contributed by atoms with van der Waals surface area (Å²) in [7, 11) is 0. The van der Waals surface area contributed by atoms with Gasteiger partial charge in [-0.2, -0.15) is 0 Å². The molecule has 1 aromatic heterocycles. The number of amides is 1. The highest BCUT2D eigenvalue weighted by molar-refractivity contribution is 7.16. The molecule has 1 aromatic rings. The van der Waals surface area contributed by atoms with E-state index in [9.17, 15) is 9.59 Å². The fourth-order valence-corrected chi connectivity index (χ4v) is 3.00. The summed E-state index contributed by atoms with van der Waals surface area (Å²) in [4.78, 5) is 25.4. The molecule has 18 heavy (non-hydrogen) atoms. The van der Waals surface area contributed by atoms with E-state index in [1.807, 2.05) is 6.07 Å². The molecule has 0 aromatic carbocycles. The van der Waals surface area contributed by atoms with Crippen LogP contribution in [0.1, 0.15) is 18.2 Å². The van der Waals surface area contributed by atoms with Crippen LogP contribution in [0.25, 0.3) is 0 Å². The number of likely N-dealkylation sites (tertiary alicyclic amines) is 1. The lowest BCUT2D eigenvalue weighted by molar-refractivity contribution is -0.148. The van der Waals surface area contributed by atoms with Gasteiger partial charge in [0, 0.05) is 24.8 Å². The quantitative estimate of drug-likeness (QED) is 0.800. The summed E-state index contributed by atoms with van der Waals surface area (Å²) in [5.74, 6) is -0.234. The van der Waals surface area contributed by atoms with Crippen molar-refractivity contribution in [2.24, 2.45) is 0 Å². The van der Waals surface area contributed by atoms with Crippen LogP contribution >= 0.6 is 22.9 Å². The lowest BCUT2D eigenvalue weighted by Crippen LogP contribution is -2.28. The molecule has 4 nitrogen and oxygen atoms in total. The van der Waals surface area contributed by atoms with Crippen molar-refractivity contribution >= 4 is 34.8 Å². The molecule has 0 aliphatic carbocycles. The Morgan fingerprint density at radius 3 is 2.89 bits per heavy atom. The average molecular weight is 288 g/mol. The number of hydrogen-bond donors (Lipinski definition) is 0. The number of esters is 1. The first kappa shape index (κ1) is 13.4. The van der Waals surface area contributed by atoms with Gasteiger partial charge in [-0.1, -0.05) is 11.6 Å². The van der Waals surface area contributed by atoms with Gasteiger partial charge in [-0.05, 0) is 12.1 Å². The van der Waals surface area contributed by atoms with Crippen LogP contribution in [0.2, 0.25) is 4.34 Å². The molecule has 1 unspecified atom stereocenters. The van der Waals surface area contributed by atoms with Gasteiger partial charge >= 0.3 is 5.97 Å². The molecule has 2 heterocycles. The predicted octanol–water partition coefficient (Wildman–Crippen LogP) is 2.11. The van der Waals surface area contributed by atoms with Gasteiger partial charge in [-0.15, -0.1) is 11.3 Å². The Kier molecular flexibility index (Phi) is 4.24. The summed E-state index contributed by atoms with van der Waals surface area (Å²) in [6.45, 7) is 2.70. The van der Waals surface area contributed by atoms with Crippen LogP contribution in [0.3, 0.4) is 0 Å². The van der Waals surface area contributed by atoms with Crippen molar-refractivity contribution in [1.82, 2.24) is 4.90 Å². The van der Waals surface area contributed by atoms with Crippen LogP contribution in [-0.2, 0) is 20.7 Å². The summed E-state index contributed by atoms with van der Waals surface area (Å²) >= 11 is 7.17. The molecule has 1 aliphatic heterocycles. The SMILES string of the molecule is CC(=O)N1CCC(OC(=O)Cc2ccc(Cl)s2)C1. The van der Waals surface area contributed by atoms with E-state index in [0.29, 0.717) is 17.4 Å². The first-order chi connectivity index (χ1) is 8.54. The Morgan fingerprint density at radius 2 is 2.33 bits per heavy atom. The van der Waals surface area contributed by atoms with E-state index >= 15 is 0 Å². The molecule has 98 valence electrons. The van der Waals surface area contributed by atoms with Crippen LogP contribution in [0.5, 0.6) is 0 Å². The summed E-state index contributed by atoms with van der Waals surface area (Å²) in [6.07, 6.45) is 0.793. The fourth-order valence-electron chi connectivity index (χ4n) is 1.93. The zero-order valence-electron chi connectivity index (χ0n) is 10.0. The van der Waals surface area contributed by atoms with Crippen LogP contribution < -0.4 is 0 Å². The smallest absolute Gasteiger partial charge is 0.311 e. The van der Waals surface area contributed by atoms with E-state index in [2.05, 4.69) is 0 Å². The van der Waals surface area contributed by atoms with Gasteiger partial charge in [0.2, 0.25) is 5.91 Å². The second-order valence-corrected chi connectivity index (χ2v) is 6.05. The topological polar surface area (TPSA) is 46.6 Å². The maximum absolute atomic E-state index is 11.7. The van der Waals surface area contributed by atoms with Gasteiger partial charge in [0.05, 0.1) is 17.3 Å². The second kappa shape index (κ2) is 5.71. The molecule has 1 fully saturated rings. The molecule has 6 heteroatoms. The number of ether oxygens (including phenoxy) is 1. The molecule has 1 amide bonds. The summed E-state index contributed by atoms with van der Waals surface area (Å²) in [6, 6.07) is 3.59. The number of rotatable bonds is 3. The highest BCUT2D eigenvalue weighted by Crippen LogP contribution is 2.22. The van der Waals surface area contributed by atoms with Crippen molar-refractivity contribution in [3.63, 3.8) is 0 Å². The van der Waals surface area contributed by atoms with E-state index in [1.54, 1.807) is 11.0 Å². The molecule has 1 atom stereocenters. The zero-order chi connectivity index (χ0) is 13.1. The Labute approximate surface area is 114 Å². The van der Waals surface area contributed by atoms with Gasteiger partial charge in [0.15, 0.2) is 0 Å². The van der Waals surface area contributed by atoms with Crippen molar-refractivity contribution in [2.45, 2.75) is 25.9 Å². The maximum atomic E-state index is 11.7. The van der Waals surface area contributed by atoms with E-state index < -0.39 is 0 Å². The van der Waals surface area contributed by atoms with Gasteiger partial charge in [0.25, 0.3) is 0 Å². The molecule has 1 saturated heterocycles. The normalized spacial score (nSPS) is 19.0. The van der Waals surface area contributed by atoms with Gasteiger partial charge in [0.1, 0.15) is 6.10 Å². The maximum Gasteiger partial charge on any atom is 0.311 e. The van der Waals surface area contributed by atoms with Crippen molar-refractivity contribution in [1.29, 1.82) is 0 Å². The third-order valence-electron chi connectivity index (χ3n) is 2.84. The van der Waals surface area contributed by atoms with Crippen molar-refractivity contribution in [3.8, 4) is 0 Å². The third kappa shape index (κ3) is 3.46. The average Bonchev–Trinajstić information content (AvgIpc) is 2.88. The van der Waals surface area contributed by atoms with Crippen LogP contribution in [0, 0.1) is 0 Å². The highest BCUT2D eigenvalue weighted by atomic mass is 35.5. The highest BCUT2D eigenvalue weighted by Gasteiger charge is 2.27. The first-order valence-corrected chi connectivity index (χ1v) is 6.93. The molecule has 0 saturated carbocycles. The first-order valence-electron chi connectivity index (χ1n) is 5.74. The molecule has 0 radical (unpaired) electrons.